The van der Waals surface area contributed by atoms with Gasteiger partial charge >= 0.3 is 0 Å². The number of hydrogen-bond acceptors (Lipinski definition) is 4. The number of aryl methyl sites for hydroxylation is 1. The minimum atomic E-state index is -0.0319. The Labute approximate surface area is 205 Å². The van der Waals surface area contributed by atoms with E-state index in [4.69, 9.17) is 9.41 Å². The third kappa shape index (κ3) is 6.09. The molecule has 0 saturated heterocycles. The van der Waals surface area contributed by atoms with E-state index < -0.39 is 0 Å². The first-order chi connectivity index (χ1) is 15.2. The van der Waals surface area contributed by atoms with Crippen molar-refractivity contribution in [2.75, 3.05) is 6.54 Å². The third-order valence-electron chi connectivity index (χ3n) is 5.14. The number of nitrogens with zero attached hydrogens (tertiary/aromatic N) is 4. The molecule has 168 valence electrons. The van der Waals surface area contributed by atoms with Gasteiger partial charge in [-0.1, -0.05) is 55.5 Å². The van der Waals surface area contributed by atoms with E-state index in [9.17, 15) is 0 Å². The van der Waals surface area contributed by atoms with Crippen molar-refractivity contribution in [3.8, 4) is 0 Å². The maximum Gasteiger partial charge on any atom is 0.192 e. The lowest BCUT2D eigenvalue weighted by atomic mass is 10.2. The summed E-state index contributed by atoms with van der Waals surface area (Å²) in [5.74, 6) is 2.60. The Hall–Kier alpha value is -2.88. The molecule has 1 unspecified atom stereocenters. The van der Waals surface area contributed by atoms with Gasteiger partial charge in [-0.25, -0.2) is 4.99 Å². The van der Waals surface area contributed by atoms with Crippen LogP contribution in [0.1, 0.15) is 37.0 Å². The summed E-state index contributed by atoms with van der Waals surface area (Å²) in [5, 5.41) is 16.2. The second-order valence-electron chi connectivity index (χ2n) is 7.42. The van der Waals surface area contributed by atoms with E-state index in [1.807, 2.05) is 36.4 Å². The quantitative estimate of drug-likeness (QED) is 0.191. The predicted octanol–water partition coefficient (Wildman–Crippen LogP) is 4.70. The molecule has 1 atom stereocenters. The molecule has 7 nitrogen and oxygen atoms in total. The summed E-state index contributed by atoms with van der Waals surface area (Å²) in [6, 6.07) is 20.3. The minimum Gasteiger partial charge on any atom is -0.459 e. The van der Waals surface area contributed by atoms with E-state index in [-0.39, 0.29) is 30.0 Å². The van der Waals surface area contributed by atoms with Gasteiger partial charge in [0.2, 0.25) is 0 Å². The summed E-state index contributed by atoms with van der Waals surface area (Å²) < 4.78 is 8.08. The van der Waals surface area contributed by atoms with Gasteiger partial charge in [0.05, 0.1) is 12.6 Å². The van der Waals surface area contributed by atoms with Crippen LogP contribution in [0.5, 0.6) is 0 Å². The average Bonchev–Trinajstić information content (AvgIpc) is 3.44. The zero-order valence-corrected chi connectivity index (χ0v) is 20.7. The minimum absolute atomic E-state index is 0. The van der Waals surface area contributed by atoms with Crippen molar-refractivity contribution >= 4 is 40.9 Å². The topological polar surface area (TPSA) is 80.3 Å². The van der Waals surface area contributed by atoms with E-state index in [2.05, 4.69) is 63.5 Å². The van der Waals surface area contributed by atoms with Crippen molar-refractivity contribution in [1.29, 1.82) is 0 Å². The molecule has 0 aliphatic carbocycles. The second-order valence-corrected chi connectivity index (χ2v) is 7.42. The maximum absolute atomic E-state index is 6.02. The molecular formula is C24H29IN6O. The Balaban J connectivity index is 0.00000289. The molecular weight excluding hydrogens is 515 g/mol. The van der Waals surface area contributed by atoms with Crippen molar-refractivity contribution < 1.29 is 4.42 Å². The molecule has 8 heteroatoms. The molecule has 0 amide bonds. The zero-order chi connectivity index (χ0) is 21.5. The number of rotatable bonds is 8. The number of furan rings is 1. The fourth-order valence-corrected chi connectivity index (χ4v) is 3.43. The number of para-hydroxylation sites is 1. The molecule has 0 spiro atoms. The molecule has 0 radical (unpaired) electrons. The third-order valence-corrected chi connectivity index (χ3v) is 5.14. The average molecular weight is 544 g/mol. The van der Waals surface area contributed by atoms with E-state index in [1.165, 1.54) is 0 Å². The van der Waals surface area contributed by atoms with Gasteiger partial charge in [0.25, 0.3) is 0 Å². The number of fused-ring (bicyclic) bond motifs is 1. The molecule has 0 bridgehead atoms. The number of aromatic nitrogens is 3. The molecule has 2 aromatic carbocycles. The summed E-state index contributed by atoms with van der Waals surface area (Å²) in [7, 11) is 0. The van der Waals surface area contributed by atoms with Crippen LogP contribution >= 0.6 is 24.0 Å². The van der Waals surface area contributed by atoms with Gasteiger partial charge in [-0.2, -0.15) is 0 Å². The Morgan fingerprint density at radius 2 is 1.91 bits per heavy atom. The zero-order valence-electron chi connectivity index (χ0n) is 18.4. The first-order valence-corrected chi connectivity index (χ1v) is 10.7. The number of hydrogen-bond donors (Lipinski definition) is 2. The number of aliphatic imine (C=N–C) groups is 1. The lowest BCUT2D eigenvalue weighted by molar-refractivity contribution is 0.487. The summed E-state index contributed by atoms with van der Waals surface area (Å²) >= 11 is 0. The van der Waals surface area contributed by atoms with Gasteiger partial charge in [-0.15, -0.1) is 34.2 Å². The molecule has 2 heterocycles. The van der Waals surface area contributed by atoms with Crippen LogP contribution in [-0.4, -0.2) is 27.3 Å². The second kappa shape index (κ2) is 11.7. The highest BCUT2D eigenvalue weighted by atomic mass is 127. The van der Waals surface area contributed by atoms with Gasteiger partial charge in [0.15, 0.2) is 5.96 Å². The smallest absolute Gasteiger partial charge is 0.192 e. The molecule has 2 aromatic heterocycles. The number of nitrogens with one attached hydrogen (secondary N) is 2. The summed E-state index contributed by atoms with van der Waals surface area (Å²) in [5.41, 5.74) is 2.05. The first-order valence-electron chi connectivity index (χ1n) is 10.7. The Kier molecular flexibility index (Phi) is 8.66. The molecule has 0 aliphatic heterocycles. The monoisotopic (exact) mass is 544 g/mol. The lowest BCUT2D eigenvalue weighted by Crippen LogP contribution is -2.40. The summed E-state index contributed by atoms with van der Waals surface area (Å²) in [6.45, 7) is 6.22. The van der Waals surface area contributed by atoms with Gasteiger partial charge in [0, 0.05) is 24.9 Å². The Bertz CT molecular complexity index is 1100. The Morgan fingerprint density at radius 1 is 1.12 bits per heavy atom. The van der Waals surface area contributed by atoms with Crippen LogP contribution in [0.25, 0.3) is 11.0 Å². The largest absolute Gasteiger partial charge is 0.459 e. The van der Waals surface area contributed by atoms with Crippen LogP contribution in [0.4, 0.5) is 0 Å². The highest BCUT2D eigenvalue weighted by Gasteiger charge is 2.13. The molecule has 4 rings (SSSR count). The van der Waals surface area contributed by atoms with Crippen molar-refractivity contribution in [3.63, 3.8) is 0 Å². The normalized spacial score (nSPS) is 12.4. The SMILES string of the molecule is CCc1nncn1CCNC(=NCc1ccccc1)NC(C)c1cc2ccccc2o1.I. The van der Waals surface area contributed by atoms with E-state index in [0.29, 0.717) is 13.1 Å². The van der Waals surface area contributed by atoms with E-state index >= 15 is 0 Å². The van der Waals surface area contributed by atoms with Gasteiger partial charge in [0.1, 0.15) is 23.5 Å². The number of guanidine groups is 1. The van der Waals surface area contributed by atoms with Crippen molar-refractivity contribution in [1.82, 2.24) is 25.4 Å². The molecule has 4 aromatic rings. The van der Waals surface area contributed by atoms with Crippen LogP contribution in [0.3, 0.4) is 0 Å². The maximum atomic E-state index is 6.02. The lowest BCUT2D eigenvalue weighted by Gasteiger charge is -2.17. The predicted molar refractivity (Wildman–Crippen MR) is 138 cm³/mol. The van der Waals surface area contributed by atoms with Crippen LogP contribution in [-0.2, 0) is 19.5 Å². The fraction of sp³-hybridized carbons (Fsp3) is 0.292. The fourth-order valence-electron chi connectivity index (χ4n) is 3.43. The van der Waals surface area contributed by atoms with Gasteiger partial charge < -0.3 is 19.6 Å². The summed E-state index contributed by atoms with van der Waals surface area (Å²) in [4.78, 5) is 4.79. The molecule has 0 fully saturated rings. The van der Waals surface area contributed by atoms with Crippen LogP contribution < -0.4 is 10.6 Å². The standard InChI is InChI=1S/C24H28N6O.HI/c1-3-23-29-27-17-30(23)14-13-25-24(26-16-19-9-5-4-6-10-19)28-18(2)22-15-20-11-7-8-12-21(20)31-22;/h4-12,15,17-18H,3,13-14,16H2,1-2H3,(H2,25,26,28);1H. The number of benzene rings is 2. The summed E-state index contributed by atoms with van der Waals surface area (Å²) in [6.07, 6.45) is 2.63. The van der Waals surface area contributed by atoms with Crippen molar-refractivity contribution in [3.05, 3.63) is 84.1 Å². The highest BCUT2D eigenvalue weighted by molar-refractivity contribution is 14.0. The van der Waals surface area contributed by atoms with Crippen molar-refractivity contribution in [2.24, 2.45) is 4.99 Å². The Morgan fingerprint density at radius 3 is 2.69 bits per heavy atom. The first kappa shape index (κ1) is 23.8. The van der Waals surface area contributed by atoms with Gasteiger partial charge in [-0.3, -0.25) is 0 Å². The van der Waals surface area contributed by atoms with Crippen LogP contribution in [0, 0.1) is 0 Å². The molecule has 0 saturated carbocycles. The molecule has 0 aliphatic rings. The molecule has 32 heavy (non-hydrogen) atoms. The van der Waals surface area contributed by atoms with E-state index in [0.717, 1.165) is 47.0 Å². The van der Waals surface area contributed by atoms with Crippen molar-refractivity contribution in [2.45, 2.75) is 39.4 Å². The van der Waals surface area contributed by atoms with E-state index in [1.54, 1.807) is 6.33 Å². The van der Waals surface area contributed by atoms with Gasteiger partial charge in [-0.05, 0) is 24.6 Å². The number of halogens is 1. The van der Waals surface area contributed by atoms with Crippen LogP contribution in [0.2, 0.25) is 0 Å². The highest BCUT2D eigenvalue weighted by Crippen LogP contribution is 2.23. The molecule has 2 N–H and O–H groups in total. The van der Waals surface area contributed by atoms with Crippen LogP contribution in [0.15, 0.2) is 76.4 Å².